The maximum absolute atomic E-state index is 5.33. The van der Waals surface area contributed by atoms with Crippen LogP contribution in [0.15, 0.2) is 12.7 Å². The summed E-state index contributed by atoms with van der Waals surface area (Å²) in [7, 11) is 2.15. The number of rotatable bonds is 6. The molecule has 2 heterocycles. The molecule has 2 rings (SSSR count). The van der Waals surface area contributed by atoms with Crippen LogP contribution in [0, 0.1) is 0 Å². The molecule has 0 radical (unpaired) electrons. The summed E-state index contributed by atoms with van der Waals surface area (Å²) in [6.45, 7) is 8.01. The SMILES string of the molecule is CN(CCN1CCOCC1)CCn1cncn1. The molecular formula is C11H21N5O. The number of hydrogen-bond acceptors (Lipinski definition) is 5. The van der Waals surface area contributed by atoms with E-state index in [1.165, 1.54) is 0 Å². The van der Waals surface area contributed by atoms with Gasteiger partial charge in [0.15, 0.2) is 0 Å². The van der Waals surface area contributed by atoms with Crippen molar-refractivity contribution < 1.29 is 4.74 Å². The molecule has 0 unspecified atom stereocenters. The van der Waals surface area contributed by atoms with Crippen molar-refractivity contribution in [3.63, 3.8) is 0 Å². The highest BCUT2D eigenvalue weighted by molar-refractivity contribution is 4.64. The molecule has 0 N–H and O–H groups in total. The lowest BCUT2D eigenvalue weighted by Crippen LogP contribution is -2.41. The molecular weight excluding hydrogens is 218 g/mol. The Balaban J connectivity index is 1.58. The quantitative estimate of drug-likeness (QED) is 0.672. The monoisotopic (exact) mass is 239 g/mol. The molecule has 96 valence electrons. The van der Waals surface area contributed by atoms with E-state index in [1.807, 2.05) is 4.68 Å². The van der Waals surface area contributed by atoms with Crippen LogP contribution < -0.4 is 0 Å². The Hall–Kier alpha value is -0.980. The second-order valence-electron chi connectivity index (χ2n) is 4.42. The van der Waals surface area contributed by atoms with Crippen LogP contribution in [-0.4, -0.2) is 77.5 Å². The number of likely N-dealkylation sites (N-methyl/N-ethyl adjacent to an activating group) is 1. The molecule has 0 saturated carbocycles. The predicted octanol–water partition coefficient (Wildman–Crippen LogP) is -0.458. The Morgan fingerprint density at radius 2 is 2.00 bits per heavy atom. The van der Waals surface area contributed by atoms with E-state index in [0.29, 0.717) is 0 Å². The van der Waals surface area contributed by atoms with Crippen molar-refractivity contribution in [1.29, 1.82) is 0 Å². The summed E-state index contributed by atoms with van der Waals surface area (Å²) in [6.07, 6.45) is 3.34. The zero-order valence-corrected chi connectivity index (χ0v) is 10.5. The van der Waals surface area contributed by atoms with Crippen LogP contribution >= 0.6 is 0 Å². The molecule has 0 aliphatic carbocycles. The summed E-state index contributed by atoms with van der Waals surface area (Å²) in [4.78, 5) is 8.72. The Morgan fingerprint density at radius 3 is 2.71 bits per heavy atom. The second kappa shape index (κ2) is 6.68. The molecule has 1 aromatic heterocycles. The van der Waals surface area contributed by atoms with Crippen molar-refractivity contribution >= 4 is 0 Å². The lowest BCUT2D eigenvalue weighted by atomic mass is 10.4. The summed E-state index contributed by atoms with van der Waals surface area (Å²) in [5.74, 6) is 0. The van der Waals surface area contributed by atoms with Gasteiger partial charge in [0.25, 0.3) is 0 Å². The van der Waals surface area contributed by atoms with Crippen molar-refractivity contribution in [2.24, 2.45) is 0 Å². The number of aromatic nitrogens is 3. The van der Waals surface area contributed by atoms with Gasteiger partial charge in [0.1, 0.15) is 12.7 Å². The van der Waals surface area contributed by atoms with Crippen LogP contribution in [0.4, 0.5) is 0 Å². The van der Waals surface area contributed by atoms with Gasteiger partial charge >= 0.3 is 0 Å². The summed E-state index contributed by atoms with van der Waals surface area (Å²) in [6, 6.07) is 0. The number of morpholine rings is 1. The molecule has 6 nitrogen and oxygen atoms in total. The van der Waals surface area contributed by atoms with E-state index in [9.17, 15) is 0 Å². The van der Waals surface area contributed by atoms with E-state index in [2.05, 4.69) is 26.9 Å². The third kappa shape index (κ3) is 4.41. The second-order valence-corrected chi connectivity index (χ2v) is 4.42. The third-order valence-corrected chi connectivity index (χ3v) is 3.08. The van der Waals surface area contributed by atoms with Gasteiger partial charge in [-0.15, -0.1) is 0 Å². The van der Waals surface area contributed by atoms with Gasteiger partial charge in [-0.2, -0.15) is 5.10 Å². The van der Waals surface area contributed by atoms with Gasteiger partial charge in [-0.25, -0.2) is 4.98 Å². The first kappa shape index (κ1) is 12.5. The highest BCUT2D eigenvalue weighted by atomic mass is 16.5. The van der Waals surface area contributed by atoms with Gasteiger partial charge in [0.2, 0.25) is 0 Å². The van der Waals surface area contributed by atoms with E-state index < -0.39 is 0 Å². The molecule has 6 heteroatoms. The van der Waals surface area contributed by atoms with Crippen molar-refractivity contribution in [2.75, 3.05) is 53.0 Å². The average molecular weight is 239 g/mol. The minimum absolute atomic E-state index is 0.878. The van der Waals surface area contributed by atoms with E-state index in [4.69, 9.17) is 4.74 Å². The van der Waals surface area contributed by atoms with Gasteiger partial charge < -0.3 is 9.64 Å². The summed E-state index contributed by atoms with van der Waals surface area (Å²) in [5, 5.41) is 4.09. The van der Waals surface area contributed by atoms with E-state index >= 15 is 0 Å². The molecule has 0 aromatic carbocycles. The summed E-state index contributed by atoms with van der Waals surface area (Å²) >= 11 is 0. The van der Waals surface area contributed by atoms with Crippen LogP contribution in [-0.2, 0) is 11.3 Å². The van der Waals surface area contributed by atoms with Crippen molar-refractivity contribution in [2.45, 2.75) is 6.54 Å². The maximum Gasteiger partial charge on any atom is 0.137 e. The Morgan fingerprint density at radius 1 is 1.24 bits per heavy atom. The first-order valence-corrected chi connectivity index (χ1v) is 6.15. The van der Waals surface area contributed by atoms with Crippen LogP contribution in [0.25, 0.3) is 0 Å². The fourth-order valence-corrected chi connectivity index (χ4v) is 1.87. The normalized spacial score (nSPS) is 17.8. The van der Waals surface area contributed by atoms with Gasteiger partial charge in [-0.05, 0) is 7.05 Å². The van der Waals surface area contributed by atoms with Crippen molar-refractivity contribution in [1.82, 2.24) is 24.6 Å². The third-order valence-electron chi connectivity index (χ3n) is 3.08. The molecule has 0 bridgehead atoms. The van der Waals surface area contributed by atoms with E-state index in [0.717, 1.165) is 52.5 Å². The molecule has 1 saturated heterocycles. The zero-order valence-electron chi connectivity index (χ0n) is 10.5. The lowest BCUT2D eigenvalue weighted by molar-refractivity contribution is 0.0343. The van der Waals surface area contributed by atoms with Crippen molar-refractivity contribution in [3.05, 3.63) is 12.7 Å². The fraction of sp³-hybridized carbons (Fsp3) is 0.818. The van der Waals surface area contributed by atoms with Crippen LogP contribution in [0.2, 0.25) is 0 Å². The highest BCUT2D eigenvalue weighted by Crippen LogP contribution is 1.97. The first-order valence-electron chi connectivity index (χ1n) is 6.15. The van der Waals surface area contributed by atoms with Crippen LogP contribution in [0.3, 0.4) is 0 Å². The molecule has 0 amide bonds. The molecule has 1 aliphatic rings. The van der Waals surface area contributed by atoms with Gasteiger partial charge in [0.05, 0.1) is 19.8 Å². The summed E-state index contributed by atoms with van der Waals surface area (Å²) < 4.78 is 7.20. The molecule has 0 spiro atoms. The van der Waals surface area contributed by atoms with E-state index in [-0.39, 0.29) is 0 Å². The van der Waals surface area contributed by atoms with Crippen LogP contribution in [0.1, 0.15) is 0 Å². The molecule has 1 fully saturated rings. The predicted molar refractivity (Wildman–Crippen MR) is 64.8 cm³/mol. The lowest BCUT2D eigenvalue weighted by Gasteiger charge is -2.28. The number of nitrogens with zero attached hydrogens (tertiary/aromatic N) is 5. The highest BCUT2D eigenvalue weighted by Gasteiger charge is 2.10. The fourth-order valence-electron chi connectivity index (χ4n) is 1.87. The van der Waals surface area contributed by atoms with E-state index in [1.54, 1.807) is 12.7 Å². The minimum atomic E-state index is 0.878. The van der Waals surface area contributed by atoms with Crippen molar-refractivity contribution in [3.8, 4) is 0 Å². The average Bonchev–Trinajstić information content (AvgIpc) is 2.88. The maximum atomic E-state index is 5.33. The Labute approximate surface area is 102 Å². The van der Waals surface area contributed by atoms with Crippen LogP contribution in [0.5, 0.6) is 0 Å². The van der Waals surface area contributed by atoms with Gasteiger partial charge in [-0.3, -0.25) is 9.58 Å². The Bertz CT molecular complexity index is 297. The standard InChI is InChI=1S/C11H21N5O/c1-14(3-5-16-11-12-10-13-16)2-4-15-6-8-17-9-7-15/h10-11H,2-9H2,1H3. The smallest absolute Gasteiger partial charge is 0.137 e. The topological polar surface area (TPSA) is 46.4 Å². The molecule has 1 aromatic rings. The largest absolute Gasteiger partial charge is 0.379 e. The number of hydrogen-bond donors (Lipinski definition) is 0. The minimum Gasteiger partial charge on any atom is -0.379 e. The Kier molecular flexibility index (Phi) is 4.90. The van der Waals surface area contributed by atoms with Gasteiger partial charge in [0, 0.05) is 32.7 Å². The molecule has 1 aliphatic heterocycles. The molecule has 0 atom stereocenters. The zero-order chi connectivity index (χ0) is 11.9. The van der Waals surface area contributed by atoms with Gasteiger partial charge in [-0.1, -0.05) is 0 Å². The summed E-state index contributed by atoms with van der Waals surface area (Å²) in [5.41, 5.74) is 0. The number of ether oxygens (including phenoxy) is 1. The first-order chi connectivity index (χ1) is 8.34. The molecule has 17 heavy (non-hydrogen) atoms.